The molecule has 0 saturated heterocycles. The fourth-order valence-electron chi connectivity index (χ4n) is 2.03. The minimum Gasteiger partial charge on any atom is -0.378 e. The lowest BCUT2D eigenvalue weighted by Crippen LogP contribution is -2.24. The summed E-state index contributed by atoms with van der Waals surface area (Å²) in [6, 6.07) is 8.80. The Hall–Kier alpha value is -2.70. The third-order valence-corrected chi connectivity index (χ3v) is 3.09. The second kappa shape index (κ2) is 6.17. The Kier molecular flexibility index (Phi) is 4.32. The number of aromatic nitrogens is 2. The van der Waals surface area contributed by atoms with Crippen LogP contribution in [-0.2, 0) is 6.54 Å². The summed E-state index contributed by atoms with van der Waals surface area (Å²) in [5, 5.41) is 10.8. The molecule has 0 atom stereocenters. The van der Waals surface area contributed by atoms with Crippen molar-refractivity contribution in [2.75, 3.05) is 17.2 Å². The molecule has 0 aliphatic carbocycles. The molecule has 0 bridgehead atoms. The number of hydrogen-bond acceptors (Lipinski definition) is 6. The largest absolute Gasteiger partial charge is 0.378 e. The third-order valence-electron chi connectivity index (χ3n) is 3.09. The molecule has 2 rings (SSSR count). The predicted octanol–water partition coefficient (Wildman–Crippen LogP) is 2.30. The number of hydrogen-bond donors (Lipinski definition) is 1. The van der Waals surface area contributed by atoms with Crippen LogP contribution in [0.4, 0.5) is 17.3 Å². The van der Waals surface area contributed by atoms with Gasteiger partial charge in [-0.2, -0.15) is 0 Å². The van der Waals surface area contributed by atoms with Gasteiger partial charge >= 0.3 is 5.69 Å². The van der Waals surface area contributed by atoms with Crippen LogP contribution in [0.1, 0.15) is 18.3 Å². The van der Waals surface area contributed by atoms with Crippen molar-refractivity contribution in [2.24, 2.45) is 0 Å². The van der Waals surface area contributed by atoms with E-state index in [0.717, 1.165) is 11.4 Å². The van der Waals surface area contributed by atoms with E-state index in [9.17, 15) is 10.1 Å². The van der Waals surface area contributed by atoms with Gasteiger partial charge in [-0.1, -0.05) is 6.07 Å². The quantitative estimate of drug-likeness (QED) is 0.669. The average Bonchev–Trinajstić information content (AvgIpc) is 2.44. The molecule has 0 fully saturated rings. The minimum atomic E-state index is -0.537. The monoisotopic (exact) mass is 287 g/mol. The maximum Gasteiger partial charge on any atom is 0.311 e. The SMILES string of the molecule is CCN(Cc1cccc(C)n1)c1ccc([N+](=O)[O-])c(N)n1. The number of nitrogens with two attached hydrogens (primary N) is 1. The molecule has 0 spiro atoms. The number of rotatable bonds is 5. The lowest BCUT2D eigenvalue weighted by molar-refractivity contribution is -0.384. The summed E-state index contributed by atoms with van der Waals surface area (Å²) < 4.78 is 0. The summed E-state index contributed by atoms with van der Waals surface area (Å²) >= 11 is 0. The van der Waals surface area contributed by atoms with Crippen LogP contribution in [0.15, 0.2) is 30.3 Å². The van der Waals surface area contributed by atoms with Crippen LogP contribution in [0.3, 0.4) is 0 Å². The molecular formula is C14H17N5O2. The molecule has 110 valence electrons. The van der Waals surface area contributed by atoms with Crippen molar-refractivity contribution in [1.82, 2.24) is 9.97 Å². The molecule has 2 aromatic rings. The molecular weight excluding hydrogens is 270 g/mol. The van der Waals surface area contributed by atoms with Gasteiger partial charge in [-0.3, -0.25) is 15.1 Å². The van der Waals surface area contributed by atoms with Gasteiger partial charge < -0.3 is 10.6 Å². The standard InChI is InChI=1S/C14H17N5O2/c1-3-18(9-11-6-4-5-10(2)16-11)13-8-7-12(19(20)21)14(15)17-13/h4-8H,3,9H2,1-2H3,(H2,15,17). The Balaban J connectivity index is 2.25. The maximum atomic E-state index is 10.8. The summed E-state index contributed by atoms with van der Waals surface area (Å²) in [7, 11) is 0. The molecule has 0 saturated carbocycles. The van der Waals surface area contributed by atoms with Gasteiger partial charge in [0.2, 0.25) is 5.82 Å². The fraction of sp³-hybridized carbons (Fsp3) is 0.286. The first-order valence-electron chi connectivity index (χ1n) is 6.59. The van der Waals surface area contributed by atoms with Crippen molar-refractivity contribution in [3.05, 3.63) is 51.8 Å². The minimum absolute atomic E-state index is 0.0758. The lowest BCUT2D eigenvalue weighted by atomic mass is 10.3. The van der Waals surface area contributed by atoms with E-state index < -0.39 is 4.92 Å². The Bertz CT molecular complexity index is 660. The topological polar surface area (TPSA) is 98.2 Å². The molecule has 0 aromatic carbocycles. The molecule has 2 heterocycles. The van der Waals surface area contributed by atoms with Gasteiger partial charge in [0.1, 0.15) is 5.82 Å². The number of nitrogen functional groups attached to an aromatic ring is 1. The zero-order chi connectivity index (χ0) is 15.4. The first-order chi connectivity index (χ1) is 10.0. The summed E-state index contributed by atoms with van der Waals surface area (Å²) in [5.74, 6) is 0.525. The molecule has 0 unspecified atom stereocenters. The van der Waals surface area contributed by atoms with Crippen molar-refractivity contribution in [3.63, 3.8) is 0 Å². The van der Waals surface area contributed by atoms with Crippen LogP contribution in [-0.4, -0.2) is 21.4 Å². The molecule has 0 radical (unpaired) electrons. The summed E-state index contributed by atoms with van der Waals surface area (Å²) in [6.45, 7) is 5.18. The van der Waals surface area contributed by atoms with Crippen molar-refractivity contribution >= 4 is 17.3 Å². The van der Waals surface area contributed by atoms with Crippen LogP contribution < -0.4 is 10.6 Å². The summed E-state index contributed by atoms with van der Waals surface area (Å²) in [4.78, 5) is 20.8. The summed E-state index contributed by atoms with van der Waals surface area (Å²) in [6.07, 6.45) is 0. The molecule has 21 heavy (non-hydrogen) atoms. The highest BCUT2D eigenvalue weighted by Crippen LogP contribution is 2.23. The molecule has 2 N–H and O–H groups in total. The van der Waals surface area contributed by atoms with Crippen LogP contribution >= 0.6 is 0 Å². The van der Waals surface area contributed by atoms with E-state index in [1.165, 1.54) is 6.07 Å². The first kappa shape index (κ1) is 14.7. The van der Waals surface area contributed by atoms with Gasteiger partial charge in [-0.25, -0.2) is 4.98 Å². The molecule has 2 aromatic heterocycles. The average molecular weight is 287 g/mol. The Morgan fingerprint density at radius 3 is 2.62 bits per heavy atom. The Morgan fingerprint density at radius 2 is 2.05 bits per heavy atom. The molecule has 7 heteroatoms. The van der Waals surface area contributed by atoms with E-state index in [1.54, 1.807) is 6.07 Å². The van der Waals surface area contributed by atoms with E-state index >= 15 is 0 Å². The van der Waals surface area contributed by atoms with Crippen molar-refractivity contribution < 1.29 is 4.92 Å². The van der Waals surface area contributed by atoms with Crippen molar-refractivity contribution in [1.29, 1.82) is 0 Å². The maximum absolute atomic E-state index is 10.8. The van der Waals surface area contributed by atoms with Crippen LogP contribution in [0, 0.1) is 17.0 Å². The van der Waals surface area contributed by atoms with Gasteiger partial charge in [0, 0.05) is 18.3 Å². The number of anilines is 2. The second-order valence-electron chi connectivity index (χ2n) is 4.62. The van der Waals surface area contributed by atoms with E-state index in [0.29, 0.717) is 18.9 Å². The molecule has 0 aliphatic heterocycles. The highest BCUT2D eigenvalue weighted by molar-refractivity contribution is 5.58. The van der Waals surface area contributed by atoms with E-state index in [4.69, 9.17) is 5.73 Å². The zero-order valence-corrected chi connectivity index (χ0v) is 12.0. The van der Waals surface area contributed by atoms with Gasteiger partial charge in [0.15, 0.2) is 0 Å². The van der Waals surface area contributed by atoms with Crippen molar-refractivity contribution in [3.8, 4) is 0 Å². The highest BCUT2D eigenvalue weighted by atomic mass is 16.6. The smallest absolute Gasteiger partial charge is 0.311 e. The summed E-state index contributed by atoms with van der Waals surface area (Å²) in [5.41, 5.74) is 7.32. The van der Waals surface area contributed by atoms with Crippen molar-refractivity contribution in [2.45, 2.75) is 20.4 Å². The van der Waals surface area contributed by atoms with Gasteiger partial charge in [0.05, 0.1) is 17.2 Å². The van der Waals surface area contributed by atoms with Crippen LogP contribution in [0.2, 0.25) is 0 Å². The van der Waals surface area contributed by atoms with E-state index in [2.05, 4.69) is 9.97 Å². The van der Waals surface area contributed by atoms with Gasteiger partial charge in [0.25, 0.3) is 0 Å². The predicted molar refractivity (Wildman–Crippen MR) is 81.0 cm³/mol. The number of aryl methyl sites for hydroxylation is 1. The third kappa shape index (κ3) is 3.44. The fourth-order valence-corrected chi connectivity index (χ4v) is 2.03. The Labute approximate surface area is 122 Å². The van der Waals surface area contributed by atoms with Crippen LogP contribution in [0.25, 0.3) is 0 Å². The Morgan fingerprint density at radius 1 is 1.29 bits per heavy atom. The van der Waals surface area contributed by atoms with Crippen LogP contribution in [0.5, 0.6) is 0 Å². The lowest BCUT2D eigenvalue weighted by Gasteiger charge is -2.21. The first-order valence-corrected chi connectivity index (χ1v) is 6.59. The molecule has 0 amide bonds. The highest BCUT2D eigenvalue weighted by Gasteiger charge is 2.15. The van der Waals surface area contributed by atoms with Gasteiger partial charge in [-0.15, -0.1) is 0 Å². The molecule has 0 aliphatic rings. The number of nitro groups is 1. The second-order valence-corrected chi connectivity index (χ2v) is 4.62. The zero-order valence-electron chi connectivity index (χ0n) is 12.0. The molecule has 7 nitrogen and oxygen atoms in total. The normalized spacial score (nSPS) is 10.4. The van der Waals surface area contributed by atoms with Gasteiger partial charge in [-0.05, 0) is 32.0 Å². The van der Waals surface area contributed by atoms with E-state index in [-0.39, 0.29) is 11.5 Å². The number of nitrogens with zero attached hydrogens (tertiary/aromatic N) is 4. The number of pyridine rings is 2. The van der Waals surface area contributed by atoms with E-state index in [1.807, 2.05) is 36.9 Å².